The first-order chi connectivity index (χ1) is 8.72. The van der Waals surface area contributed by atoms with Gasteiger partial charge in [-0.2, -0.15) is 0 Å². The van der Waals surface area contributed by atoms with Crippen molar-refractivity contribution in [2.24, 2.45) is 0 Å². The highest BCUT2D eigenvalue weighted by atomic mass is 16.5. The van der Waals surface area contributed by atoms with E-state index in [1.807, 2.05) is 13.8 Å². The highest BCUT2D eigenvalue weighted by Crippen LogP contribution is 2.41. The summed E-state index contributed by atoms with van der Waals surface area (Å²) in [6.07, 6.45) is 2.59. The minimum Gasteiger partial charge on any atom is -0.465 e. The minimum absolute atomic E-state index is 0.179. The van der Waals surface area contributed by atoms with Crippen LogP contribution in [0.5, 0.6) is 0 Å². The molecular formula is C15H21NO2. The van der Waals surface area contributed by atoms with Gasteiger partial charge in [0.2, 0.25) is 0 Å². The summed E-state index contributed by atoms with van der Waals surface area (Å²) in [4.78, 5) is 11.5. The van der Waals surface area contributed by atoms with E-state index in [9.17, 15) is 4.79 Å². The average molecular weight is 247 g/mol. The predicted molar refractivity (Wildman–Crippen MR) is 71.4 cm³/mol. The van der Waals surface area contributed by atoms with Crippen LogP contribution in [-0.2, 0) is 16.1 Å². The third kappa shape index (κ3) is 3.33. The molecule has 98 valence electrons. The number of carbonyl (C=O) groups excluding carboxylic acids is 1. The first-order valence-electron chi connectivity index (χ1n) is 6.70. The molecule has 2 rings (SSSR count). The molecule has 0 radical (unpaired) electrons. The Hall–Kier alpha value is -1.35. The zero-order chi connectivity index (χ0) is 13.0. The molecular weight excluding hydrogens is 226 g/mol. The molecule has 18 heavy (non-hydrogen) atoms. The molecule has 3 nitrogen and oxygen atoms in total. The number of hydrogen-bond acceptors (Lipinski definition) is 3. The number of benzene rings is 1. The molecule has 1 unspecified atom stereocenters. The van der Waals surface area contributed by atoms with Gasteiger partial charge in [0.25, 0.3) is 0 Å². The van der Waals surface area contributed by atoms with Gasteiger partial charge in [-0.1, -0.05) is 24.3 Å². The van der Waals surface area contributed by atoms with E-state index in [2.05, 4.69) is 29.6 Å². The maximum Gasteiger partial charge on any atom is 0.322 e. The number of carbonyl (C=O) groups is 1. The molecule has 1 N–H and O–H groups in total. The zero-order valence-electron chi connectivity index (χ0n) is 11.1. The van der Waals surface area contributed by atoms with Crippen LogP contribution in [-0.4, -0.2) is 18.6 Å². The van der Waals surface area contributed by atoms with Crippen molar-refractivity contribution in [1.82, 2.24) is 5.32 Å². The van der Waals surface area contributed by atoms with Crippen molar-refractivity contribution < 1.29 is 9.53 Å². The third-order valence-corrected chi connectivity index (χ3v) is 3.31. The summed E-state index contributed by atoms with van der Waals surface area (Å²) in [6, 6.07) is 8.23. The third-order valence-electron chi connectivity index (χ3n) is 3.31. The summed E-state index contributed by atoms with van der Waals surface area (Å²) in [7, 11) is 0. The summed E-state index contributed by atoms with van der Waals surface area (Å²) in [6.45, 7) is 4.83. The molecule has 1 aromatic carbocycles. The highest BCUT2D eigenvalue weighted by molar-refractivity contribution is 5.75. The lowest BCUT2D eigenvalue weighted by atomic mass is 10.0. The van der Waals surface area contributed by atoms with Crippen LogP contribution in [0.15, 0.2) is 24.3 Å². The summed E-state index contributed by atoms with van der Waals surface area (Å²) >= 11 is 0. The molecule has 0 bridgehead atoms. The monoisotopic (exact) mass is 247 g/mol. The fraction of sp³-hybridized carbons (Fsp3) is 0.533. The molecule has 0 aliphatic heterocycles. The zero-order valence-corrected chi connectivity index (χ0v) is 11.1. The van der Waals surface area contributed by atoms with Gasteiger partial charge in [0.05, 0.1) is 6.61 Å². The molecule has 1 saturated carbocycles. The molecule has 1 atom stereocenters. The van der Waals surface area contributed by atoms with Gasteiger partial charge < -0.3 is 10.1 Å². The molecule has 1 aromatic rings. The van der Waals surface area contributed by atoms with E-state index in [1.165, 1.54) is 24.0 Å². The second-order valence-corrected chi connectivity index (χ2v) is 4.83. The summed E-state index contributed by atoms with van der Waals surface area (Å²) in [5.74, 6) is 0.558. The first-order valence-corrected chi connectivity index (χ1v) is 6.70. The summed E-state index contributed by atoms with van der Waals surface area (Å²) in [5.41, 5.74) is 2.73. The Morgan fingerprint density at radius 3 is 2.83 bits per heavy atom. The molecule has 0 spiro atoms. The summed E-state index contributed by atoms with van der Waals surface area (Å²) < 4.78 is 4.98. The van der Waals surface area contributed by atoms with Crippen LogP contribution >= 0.6 is 0 Å². The number of hydrogen-bond donors (Lipinski definition) is 1. The molecule has 0 heterocycles. The number of rotatable bonds is 6. The predicted octanol–water partition coefficient (Wildman–Crippen LogP) is 2.61. The van der Waals surface area contributed by atoms with Crippen molar-refractivity contribution in [3.63, 3.8) is 0 Å². The van der Waals surface area contributed by atoms with Crippen LogP contribution in [0.25, 0.3) is 0 Å². The molecule has 1 fully saturated rings. The lowest BCUT2D eigenvalue weighted by Gasteiger charge is -2.14. The van der Waals surface area contributed by atoms with Crippen molar-refractivity contribution in [3.8, 4) is 0 Å². The second kappa shape index (κ2) is 6.01. The van der Waals surface area contributed by atoms with Gasteiger partial charge in [-0.05, 0) is 43.7 Å². The fourth-order valence-electron chi connectivity index (χ4n) is 2.10. The van der Waals surface area contributed by atoms with Crippen LogP contribution in [0, 0.1) is 0 Å². The van der Waals surface area contributed by atoms with E-state index in [1.54, 1.807) is 0 Å². The Kier molecular flexibility index (Phi) is 4.37. The van der Waals surface area contributed by atoms with Crippen molar-refractivity contribution in [2.45, 2.75) is 45.2 Å². The van der Waals surface area contributed by atoms with Crippen LogP contribution in [0.1, 0.15) is 43.7 Å². The Labute approximate surface area is 109 Å². The van der Waals surface area contributed by atoms with Gasteiger partial charge in [-0.3, -0.25) is 4.79 Å². The molecule has 0 amide bonds. The highest BCUT2D eigenvalue weighted by Gasteiger charge is 2.25. The lowest BCUT2D eigenvalue weighted by Crippen LogP contribution is -2.35. The van der Waals surface area contributed by atoms with Crippen LogP contribution in [0.3, 0.4) is 0 Å². The number of ether oxygens (including phenoxy) is 1. The van der Waals surface area contributed by atoms with Crippen molar-refractivity contribution in [3.05, 3.63) is 35.4 Å². The van der Waals surface area contributed by atoms with Crippen molar-refractivity contribution in [1.29, 1.82) is 0 Å². The van der Waals surface area contributed by atoms with E-state index >= 15 is 0 Å². The van der Waals surface area contributed by atoms with Crippen LogP contribution < -0.4 is 5.32 Å². The average Bonchev–Trinajstić information content (AvgIpc) is 3.21. The van der Waals surface area contributed by atoms with Gasteiger partial charge in [-0.25, -0.2) is 0 Å². The van der Waals surface area contributed by atoms with Crippen molar-refractivity contribution in [2.75, 3.05) is 6.61 Å². The Bertz CT molecular complexity index is 413. The Morgan fingerprint density at radius 2 is 2.17 bits per heavy atom. The maximum atomic E-state index is 11.5. The topological polar surface area (TPSA) is 38.3 Å². The van der Waals surface area contributed by atoms with Crippen LogP contribution in [0.4, 0.5) is 0 Å². The number of nitrogens with one attached hydrogen (secondary N) is 1. The quantitative estimate of drug-likeness (QED) is 0.785. The molecule has 1 aliphatic carbocycles. The van der Waals surface area contributed by atoms with Crippen molar-refractivity contribution >= 4 is 5.97 Å². The largest absolute Gasteiger partial charge is 0.465 e. The normalized spacial score (nSPS) is 16.3. The number of esters is 1. The second-order valence-electron chi connectivity index (χ2n) is 4.83. The van der Waals surface area contributed by atoms with E-state index in [-0.39, 0.29) is 12.0 Å². The SMILES string of the molecule is CCOC(=O)C(C)NCc1ccccc1C1CC1. The smallest absolute Gasteiger partial charge is 0.322 e. The van der Waals surface area contributed by atoms with Gasteiger partial charge in [-0.15, -0.1) is 0 Å². The molecule has 1 aliphatic rings. The van der Waals surface area contributed by atoms with Gasteiger partial charge in [0, 0.05) is 6.54 Å². The first kappa shape index (κ1) is 13.1. The Balaban J connectivity index is 1.91. The van der Waals surface area contributed by atoms with Gasteiger partial charge in [0.1, 0.15) is 6.04 Å². The standard InChI is InChI=1S/C15H21NO2/c1-3-18-15(17)11(2)16-10-13-6-4-5-7-14(13)12-8-9-12/h4-7,11-12,16H,3,8-10H2,1-2H3. The minimum atomic E-state index is -0.253. The molecule has 0 saturated heterocycles. The Morgan fingerprint density at radius 1 is 1.44 bits per heavy atom. The van der Waals surface area contributed by atoms with Crippen LogP contribution in [0.2, 0.25) is 0 Å². The lowest BCUT2D eigenvalue weighted by molar-refractivity contribution is -0.145. The van der Waals surface area contributed by atoms with E-state index in [0.29, 0.717) is 6.61 Å². The van der Waals surface area contributed by atoms with E-state index in [4.69, 9.17) is 4.74 Å². The maximum absolute atomic E-state index is 11.5. The van der Waals surface area contributed by atoms with E-state index in [0.717, 1.165) is 12.5 Å². The summed E-state index contributed by atoms with van der Waals surface area (Å²) in [5, 5.41) is 3.23. The van der Waals surface area contributed by atoms with Gasteiger partial charge in [0.15, 0.2) is 0 Å². The fourth-order valence-corrected chi connectivity index (χ4v) is 2.10. The van der Waals surface area contributed by atoms with Gasteiger partial charge >= 0.3 is 5.97 Å². The molecule has 0 aromatic heterocycles. The molecule has 3 heteroatoms. The van der Waals surface area contributed by atoms with E-state index < -0.39 is 0 Å².